The molecule has 0 spiro atoms. The minimum atomic E-state index is 0.659. The molecule has 0 saturated carbocycles. The zero-order chi connectivity index (χ0) is 25.2. The summed E-state index contributed by atoms with van der Waals surface area (Å²) in [7, 11) is 0. The molecule has 3 rings (SSSR count). The third kappa shape index (κ3) is 19.6. The van der Waals surface area contributed by atoms with Crippen LogP contribution in [0.3, 0.4) is 0 Å². The standard InChI is InChI=1S/2C9H12.C8H10.3C2H6/c2*1-8(2)9-6-4-3-5-7-9;1-2-8-6-4-3-5-7-8;3*1-2/h2*3-8H,1-2H3;3-7H,2H2,1H3;3*1-2H3. The first kappa shape index (κ1) is 34.3. The number of aryl methyl sites for hydroxylation is 1. The van der Waals surface area contributed by atoms with Gasteiger partial charge in [-0.05, 0) is 34.9 Å². The van der Waals surface area contributed by atoms with Crippen molar-refractivity contribution in [2.24, 2.45) is 0 Å². The molecule has 0 N–H and O–H groups in total. The highest BCUT2D eigenvalue weighted by atomic mass is 14.0. The van der Waals surface area contributed by atoms with Gasteiger partial charge in [-0.1, -0.05) is 167 Å². The lowest BCUT2D eigenvalue weighted by Gasteiger charge is -2.01. The first-order valence-corrected chi connectivity index (χ1v) is 12.7. The van der Waals surface area contributed by atoms with Gasteiger partial charge in [0.15, 0.2) is 0 Å². The average Bonchev–Trinajstić information content (AvgIpc) is 2.90. The van der Waals surface area contributed by atoms with Gasteiger partial charge in [0, 0.05) is 0 Å². The van der Waals surface area contributed by atoms with Crippen LogP contribution in [0.5, 0.6) is 0 Å². The highest BCUT2D eigenvalue weighted by molar-refractivity contribution is 5.18. The molecule has 0 aromatic heterocycles. The van der Waals surface area contributed by atoms with E-state index in [1.165, 1.54) is 16.7 Å². The lowest BCUT2D eigenvalue weighted by atomic mass is 10.0. The Hall–Kier alpha value is -2.34. The molecule has 3 aromatic rings. The maximum absolute atomic E-state index is 2.20. The third-order valence-corrected chi connectivity index (χ3v) is 4.18. The first-order valence-electron chi connectivity index (χ1n) is 12.7. The number of hydrogen-bond donors (Lipinski definition) is 0. The van der Waals surface area contributed by atoms with Gasteiger partial charge in [0.1, 0.15) is 0 Å². The van der Waals surface area contributed by atoms with E-state index in [2.05, 4.69) is 107 Å². The predicted octanol–water partition coefficient (Wildman–Crippen LogP) is 10.9. The molecular weight excluding hydrogens is 384 g/mol. The van der Waals surface area contributed by atoms with Crippen LogP contribution < -0.4 is 0 Å². The van der Waals surface area contributed by atoms with E-state index in [1.54, 1.807) is 0 Å². The molecule has 0 bridgehead atoms. The minimum Gasteiger partial charge on any atom is -0.0683 e. The lowest BCUT2D eigenvalue weighted by molar-refractivity contribution is 0.867. The fourth-order valence-electron chi connectivity index (χ4n) is 2.39. The summed E-state index contributed by atoms with van der Waals surface area (Å²) in [5.74, 6) is 1.32. The normalized spacial score (nSPS) is 8.53. The number of rotatable bonds is 3. The molecule has 180 valence electrons. The van der Waals surface area contributed by atoms with E-state index in [1.807, 2.05) is 59.7 Å². The molecule has 32 heavy (non-hydrogen) atoms. The molecular formula is C32H52. The van der Waals surface area contributed by atoms with Crippen LogP contribution >= 0.6 is 0 Å². The number of hydrogen-bond acceptors (Lipinski definition) is 0. The predicted molar refractivity (Wildman–Crippen MR) is 151 cm³/mol. The van der Waals surface area contributed by atoms with Gasteiger partial charge < -0.3 is 0 Å². The first-order chi connectivity index (χ1) is 15.5. The average molecular weight is 437 g/mol. The molecule has 0 heterocycles. The van der Waals surface area contributed by atoms with Gasteiger partial charge in [-0.2, -0.15) is 0 Å². The second-order valence-corrected chi connectivity index (χ2v) is 6.97. The van der Waals surface area contributed by atoms with Crippen molar-refractivity contribution in [1.82, 2.24) is 0 Å². The van der Waals surface area contributed by atoms with Gasteiger partial charge in [-0.3, -0.25) is 0 Å². The molecule has 0 nitrogen and oxygen atoms in total. The zero-order valence-electron chi connectivity index (χ0n) is 23.0. The van der Waals surface area contributed by atoms with Gasteiger partial charge >= 0.3 is 0 Å². The summed E-state index contributed by atoms with van der Waals surface area (Å²) in [6.07, 6.45) is 1.14. The topological polar surface area (TPSA) is 0 Å². The Bertz CT molecular complexity index is 624. The van der Waals surface area contributed by atoms with Crippen molar-refractivity contribution in [1.29, 1.82) is 0 Å². The highest BCUT2D eigenvalue weighted by Crippen LogP contribution is 2.12. The van der Waals surface area contributed by atoms with Crippen LogP contribution in [0.25, 0.3) is 0 Å². The van der Waals surface area contributed by atoms with Gasteiger partial charge in [0.2, 0.25) is 0 Å². The van der Waals surface area contributed by atoms with Crippen molar-refractivity contribution in [3.63, 3.8) is 0 Å². The maximum Gasteiger partial charge on any atom is -0.0219 e. The number of benzene rings is 3. The molecule has 3 aromatic carbocycles. The fourth-order valence-corrected chi connectivity index (χ4v) is 2.39. The second-order valence-electron chi connectivity index (χ2n) is 6.97. The fraction of sp³-hybridized carbons (Fsp3) is 0.438. The van der Waals surface area contributed by atoms with Crippen molar-refractivity contribution < 1.29 is 0 Å². The Morgan fingerprint density at radius 1 is 0.438 bits per heavy atom. The van der Waals surface area contributed by atoms with Crippen molar-refractivity contribution >= 4 is 0 Å². The largest absolute Gasteiger partial charge is 0.0683 e. The smallest absolute Gasteiger partial charge is 0.0219 e. The quantitative estimate of drug-likeness (QED) is 0.383. The summed E-state index contributed by atoms with van der Waals surface area (Å²) in [6, 6.07) is 31.5. The van der Waals surface area contributed by atoms with Crippen molar-refractivity contribution in [3.05, 3.63) is 108 Å². The molecule has 0 radical (unpaired) electrons. The van der Waals surface area contributed by atoms with Crippen LogP contribution in [-0.2, 0) is 6.42 Å². The van der Waals surface area contributed by atoms with Crippen LogP contribution in [0, 0.1) is 0 Å². The van der Waals surface area contributed by atoms with Gasteiger partial charge in [-0.15, -0.1) is 0 Å². The summed E-state index contributed by atoms with van der Waals surface area (Å²) in [5.41, 5.74) is 4.24. The Balaban J connectivity index is -0.000000353. The van der Waals surface area contributed by atoms with Crippen molar-refractivity contribution in [2.75, 3.05) is 0 Å². The Morgan fingerprint density at radius 2 is 0.688 bits per heavy atom. The molecule has 0 heteroatoms. The lowest BCUT2D eigenvalue weighted by Crippen LogP contribution is -1.83. The van der Waals surface area contributed by atoms with Crippen LogP contribution in [-0.4, -0.2) is 0 Å². The third-order valence-electron chi connectivity index (χ3n) is 4.18. The molecule has 0 saturated heterocycles. The maximum atomic E-state index is 2.20. The van der Waals surface area contributed by atoms with E-state index in [-0.39, 0.29) is 0 Å². The van der Waals surface area contributed by atoms with E-state index in [0.717, 1.165) is 6.42 Å². The molecule has 0 aliphatic rings. The van der Waals surface area contributed by atoms with E-state index in [0.29, 0.717) is 11.8 Å². The van der Waals surface area contributed by atoms with Crippen LogP contribution in [0.15, 0.2) is 91.0 Å². The Labute approximate surface area is 202 Å². The van der Waals surface area contributed by atoms with Crippen LogP contribution in [0.2, 0.25) is 0 Å². The Morgan fingerprint density at radius 3 is 0.844 bits per heavy atom. The minimum absolute atomic E-state index is 0.659. The molecule has 0 atom stereocenters. The van der Waals surface area contributed by atoms with E-state index < -0.39 is 0 Å². The van der Waals surface area contributed by atoms with Gasteiger partial charge in [0.25, 0.3) is 0 Å². The van der Waals surface area contributed by atoms with Gasteiger partial charge in [-0.25, -0.2) is 0 Å². The van der Waals surface area contributed by atoms with E-state index in [4.69, 9.17) is 0 Å². The van der Waals surface area contributed by atoms with Crippen LogP contribution in [0.4, 0.5) is 0 Å². The SMILES string of the molecule is CC.CC.CC.CC(C)c1ccccc1.CC(C)c1ccccc1.CCc1ccccc1. The molecule has 0 aliphatic carbocycles. The summed E-state index contributed by atoms with van der Waals surface area (Å²) in [5, 5.41) is 0. The summed E-state index contributed by atoms with van der Waals surface area (Å²) in [6.45, 7) is 23.0. The van der Waals surface area contributed by atoms with Crippen LogP contribution in [0.1, 0.15) is 105 Å². The second kappa shape index (κ2) is 26.7. The molecule has 0 aliphatic heterocycles. The van der Waals surface area contributed by atoms with E-state index >= 15 is 0 Å². The Kier molecular flexibility index (Phi) is 28.6. The summed E-state index contributed by atoms with van der Waals surface area (Å²) < 4.78 is 0. The van der Waals surface area contributed by atoms with E-state index in [9.17, 15) is 0 Å². The molecule has 0 unspecified atom stereocenters. The van der Waals surface area contributed by atoms with Crippen molar-refractivity contribution in [2.45, 2.75) is 94.4 Å². The monoisotopic (exact) mass is 436 g/mol. The molecule has 0 fully saturated rings. The van der Waals surface area contributed by atoms with Crippen molar-refractivity contribution in [3.8, 4) is 0 Å². The highest BCUT2D eigenvalue weighted by Gasteiger charge is 1.94. The summed E-state index contributed by atoms with van der Waals surface area (Å²) >= 11 is 0. The van der Waals surface area contributed by atoms with Gasteiger partial charge in [0.05, 0.1) is 0 Å². The zero-order valence-corrected chi connectivity index (χ0v) is 23.0. The molecule has 0 amide bonds. The summed E-state index contributed by atoms with van der Waals surface area (Å²) in [4.78, 5) is 0.